The van der Waals surface area contributed by atoms with Crippen LogP contribution in [0.5, 0.6) is 5.75 Å². The van der Waals surface area contributed by atoms with E-state index in [1.165, 1.54) is 0 Å². The lowest BCUT2D eigenvalue weighted by atomic mass is 10.1. The molecule has 132 valence electrons. The fourth-order valence-electron chi connectivity index (χ4n) is 2.95. The van der Waals surface area contributed by atoms with Crippen LogP contribution >= 0.6 is 0 Å². The summed E-state index contributed by atoms with van der Waals surface area (Å²) in [6, 6.07) is 17.2. The molecular weight excluding hydrogens is 314 g/mol. The minimum Gasteiger partial charge on any atom is -0.488 e. The van der Waals surface area contributed by atoms with E-state index in [1.54, 1.807) is 0 Å². The number of rotatable bonds is 5. The van der Waals surface area contributed by atoms with Gasteiger partial charge in [0, 0.05) is 0 Å². The van der Waals surface area contributed by atoms with Gasteiger partial charge in [0.1, 0.15) is 11.9 Å². The van der Waals surface area contributed by atoms with Crippen LogP contribution in [0.15, 0.2) is 54.6 Å². The predicted octanol–water partition coefficient (Wildman–Crippen LogP) is 3.70. The van der Waals surface area contributed by atoms with Crippen LogP contribution < -0.4 is 20.7 Å². The van der Waals surface area contributed by atoms with Crippen LogP contribution in [0.1, 0.15) is 31.4 Å². The van der Waals surface area contributed by atoms with Gasteiger partial charge < -0.3 is 20.7 Å². The van der Waals surface area contributed by atoms with Crippen LogP contribution in [-0.4, -0.2) is 25.2 Å². The predicted molar refractivity (Wildman–Crippen MR) is 100.0 cm³/mol. The third-order valence-electron chi connectivity index (χ3n) is 4.36. The summed E-state index contributed by atoms with van der Waals surface area (Å²) in [5.74, 6) is 0.719. The number of hydrogen-bond donors (Lipinski definition) is 3. The summed E-state index contributed by atoms with van der Waals surface area (Å²) in [6.07, 6.45) is 2.15. The Labute approximate surface area is 148 Å². The smallest absolute Gasteiger partial charge is 0.319 e. The van der Waals surface area contributed by atoms with E-state index in [0.29, 0.717) is 5.69 Å². The van der Waals surface area contributed by atoms with Crippen molar-refractivity contribution in [3.63, 3.8) is 0 Å². The van der Waals surface area contributed by atoms with E-state index in [4.69, 9.17) is 4.74 Å². The lowest BCUT2D eigenvalue weighted by Crippen LogP contribution is -2.34. The highest BCUT2D eigenvalue weighted by molar-refractivity contribution is 5.91. The number of urea groups is 1. The van der Waals surface area contributed by atoms with E-state index in [0.717, 1.165) is 37.2 Å². The molecule has 1 aliphatic rings. The number of benzene rings is 2. The molecule has 2 amide bonds. The summed E-state index contributed by atoms with van der Waals surface area (Å²) < 4.78 is 6.09. The van der Waals surface area contributed by atoms with E-state index in [9.17, 15) is 4.79 Å². The van der Waals surface area contributed by atoms with Crippen LogP contribution in [-0.2, 0) is 0 Å². The number of carbonyl (C=O) groups excluding carboxylic acids is 1. The first-order valence-electron chi connectivity index (χ1n) is 8.81. The van der Waals surface area contributed by atoms with Crippen molar-refractivity contribution in [1.82, 2.24) is 10.6 Å². The summed E-state index contributed by atoms with van der Waals surface area (Å²) in [5.41, 5.74) is 1.76. The Morgan fingerprint density at radius 3 is 2.52 bits per heavy atom. The van der Waals surface area contributed by atoms with Gasteiger partial charge in [-0.15, -0.1) is 0 Å². The van der Waals surface area contributed by atoms with E-state index in [2.05, 4.69) is 16.0 Å². The molecule has 1 heterocycles. The molecule has 0 radical (unpaired) electrons. The van der Waals surface area contributed by atoms with E-state index < -0.39 is 0 Å². The summed E-state index contributed by atoms with van der Waals surface area (Å²) in [4.78, 5) is 12.4. The number of nitrogens with one attached hydrogen (secondary N) is 3. The average molecular weight is 339 g/mol. The number of para-hydroxylation sites is 2. The Hall–Kier alpha value is -2.53. The van der Waals surface area contributed by atoms with Crippen LogP contribution in [0, 0.1) is 0 Å². The monoisotopic (exact) mass is 339 g/mol. The lowest BCUT2D eigenvalue weighted by molar-refractivity contribution is 0.163. The molecular formula is C20H25N3O2. The normalized spacial score (nSPS) is 16.0. The Bertz CT molecular complexity index is 684. The van der Waals surface area contributed by atoms with Crippen LogP contribution in [0.3, 0.4) is 0 Å². The summed E-state index contributed by atoms with van der Waals surface area (Å²) in [6.45, 7) is 3.90. The summed E-state index contributed by atoms with van der Waals surface area (Å²) in [7, 11) is 0. The van der Waals surface area contributed by atoms with Gasteiger partial charge in [-0.3, -0.25) is 0 Å². The first-order chi connectivity index (χ1) is 12.2. The number of amides is 2. The number of ether oxygens (including phenoxy) is 1. The molecule has 0 bridgehead atoms. The second-order valence-corrected chi connectivity index (χ2v) is 6.29. The van der Waals surface area contributed by atoms with E-state index in [1.807, 2.05) is 61.5 Å². The summed E-state index contributed by atoms with van der Waals surface area (Å²) >= 11 is 0. The third kappa shape index (κ3) is 4.97. The molecule has 5 nitrogen and oxygen atoms in total. The minimum absolute atomic E-state index is 0.0706. The second kappa shape index (κ2) is 8.53. The van der Waals surface area contributed by atoms with Crippen molar-refractivity contribution in [2.45, 2.75) is 31.9 Å². The van der Waals surface area contributed by atoms with Crippen LogP contribution in [0.25, 0.3) is 0 Å². The van der Waals surface area contributed by atoms with Crippen molar-refractivity contribution in [2.75, 3.05) is 18.4 Å². The van der Waals surface area contributed by atoms with Crippen molar-refractivity contribution in [1.29, 1.82) is 0 Å². The molecule has 0 spiro atoms. The van der Waals surface area contributed by atoms with Crippen molar-refractivity contribution < 1.29 is 9.53 Å². The molecule has 1 aliphatic heterocycles. The second-order valence-electron chi connectivity index (χ2n) is 6.29. The van der Waals surface area contributed by atoms with Gasteiger partial charge in [0.25, 0.3) is 0 Å². The molecule has 3 rings (SSSR count). The van der Waals surface area contributed by atoms with Crippen molar-refractivity contribution in [3.05, 3.63) is 60.2 Å². The number of piperidine rings is 1. The fourth-order valence-corrected chi connectivity index (χ4v) is 2.95. The maximum atomic E-state index is 12.4. The van der Waals surface area contributed by atoms with Crippen molar-refractivity contribution in [3.8, 4) is 5.75 Å². The highest BCUT2D eigenvalue weighted by atomic mass is 16.5. The first-order valence-corrected chi connectivity index (χ1v) is 8.81. The third-order valence-corrected chi connectivity index (χ3v) is 4.36. The fraction of sp³-hybridized carbons (Fsp3) is 0.350. The van der Waals surface area contributed by atoms with Crippen molar-refractivity contribution in [2.24, 2.45) is 0 Å². The molecule has 3 N–H and O–H groups in total. The number of carbonyl (C=O) groups is 1. The summed E-state index contributed by atoms with van der Waals surface area (Å²) in [5, 5.41) is 9.19. The molecule has 1 saturated heterocycles. The van der Waals surface area contributed by atoms with Gasteiger partial charge in [0.05, 0.1) is 11.7 Å². The molecule has 2 aromatic carbocycles. The van der Waals surface area contributed by atoms with Gasteiger partial charge in [-0.2, -0.15) is 0 Å². The molecule has 1 fully saturated rings. The standard InChI is InChI=1S/C20H25N3O2/c1-15(16-7-3-2-4-8-16)22-20(24)23-18-9-5-6-10-19(18)25-17-11-13-21-14-12-17/h2-10,15,17,21H,11-14H2,1H3,(H2,22,23,24)/t15-/m1/s1. The Morgan fingerprint density at radius 2 is 1.76 bits per heavy atom. The quantitative estimate of drug-likeness (QED) is 0.778. The SMILES string of the molecule is C[C@@H](NC(=O)Nc1ccccc1OC1CCNCC1)c1ccccc1. The van der Waals surface area contributed by atoms with Gasteiger partial charge >= 0.3 is 6.03 Å². The Morgan fingerprint density at radius 1 is 1.08 bits per heavy atom. The highest BCUT2D eigenvalue weighted by Gasteiger charge is 2.17. The molecule has 25 heavy (non-hydrogen) atoms. The highest BCUT2D eigenvalue weighted by Crippen LogP contribution is 2.26. The number of anilines is 1. The minimum atomic E-state index is -0.238. The zero-order valence-corrected chi connectivity index (χ0v) is 14.5. The maximum Gasteiger partial charge on any atom is 0.319 e. The maximum absolute atomic E-state index is 12.4. The molecule has 1 atom stereocenters. The number of hydrogen-bond acceptors (Lipinski definition) is 3. The Kier molecular flexibility index (Phi) is 5.90. The molecule has 0 aromatic heterocycles. The van der Waals surface area contributed by atoms with Gasteiger partial charge in [-0.25, -0.2) is 4.79 Å². The molecule has 0 aliphatic carbocycles. The molecule has 2 aromatic rings. The van der Waals surface area contributed by atoms with Gasteiger partial charge in [-0.1, -0.05) is 42.5 Å². The van der Waals surface area contributed by atoms with Gasteiger partial charge in [0.2, 0.25) is 0 Å². The Balaban J connectivity index is 1.61. The van der Waals surface area contributed by atoms with Crippen molar-refractivity contribution >= 4 is 11.7 Å². The van der Waals surface area contributed by atoms with E-state index >= 15 is 0 Å². The van der Waals surface area contributed by atoms with Crippen LogP contribution in [0.4, 0.5) is 10.5 Å². The van der Waals surface area contributed by atoms with Gasteiger partial charge in [0.15, 0.2) is 0 Å². The van der Waals surface area contributed by atoms with Crippen LogP contribution in [0.2, 0.25) is 0 Å². The topological polar surface area (TPSA) is 62.4 Å². The van der Waals surface area contributed by atoms with E-state index in [-0.39, 0.29) is 18.2 Å². The lowest BCUT2D eigenvalue weighted by Gasteiger charge is -2.25. The largest absolute Gasteiger partial charge is 0.488 e. The molecule has 0 saturated carbocycles. The average Bonchev–Trinajstić information content (AvgIpc) is 2.65. The zero-order chi connectivity index (χ0) is 17.5. The van der Waals surface area contributed by atoms with Gasteiger partial charge in [-0.05, 0) is 50.6 Å². The first kappa shape index (κ1) is 17.3. The molecule has 0 unspecified atom stereocenters. The molecule has 5 heteroatoms. The zero-order valence-electron chi connectivity index (χ0n) is 14.5.